The van der Waals surface area contributed by atoms with Gasteiger partial charge in [-0.2, -0.15) is 0 Å². The van der Waals surface area contributed by atoms with Gasteiger partial charge in [0.1, 0.15) is 12.2 Å². The zero-order valence-electron chi connectivity index (χ0n) is 13.0. The number of rotatable bonds is 8. The van der Waals surface area contributed by atoms with Crippen LogP contribution >= 0.6 is 0 Å². The predicted molar refractivity (Wildman–Crippen MR) is 98.2 cm³/mol. The van der Waals surface area contributed by atoms with Gasteiger partial charge >= 0.3 is 0 Å². The second kappa shape index (κ2) is 9.28. The lowest BCUT2D eigenvalue weighted by Gasteiger charge is -2.13. The summed E-state index contributed by atoms with van der Waals surface area (Å²) in [7, 11) is 0. The average molecular weight is 304 g/mol. The number of benzene rings is 2. The lowest BCUT2D eigenvalue weighted by Crippen LogP contribution is -2.21. The van der Waals surface area contributed by atoms with Crippen LogP contribution in [0, 0.1) is 0 Å². The zero-order valence-corrected chi connectivity index (χ0v) is 13.0. The van der Waals surface area contributed by atoms with Gasteiger partial charge in [-0.15, -0.1) is 13.2 Å². The third kappa shape index (κ3) is 5.85. The first-order valence-electron chi connectivity index (χ1n) is 7.41. The number of ether oxygens (including phenoxy) is 1. The SMILES string of the molecule is C=CC(C=Nc1ccccc1)OC(C=C)C=Nc1ccccc1. The molecule has 0 saturated carbocycles. The van der Waals surface area contributed by atoms with Gasteiger partial charge in [0, 0.05) is 12.4 Å². The van der Waals surface area contributed by atoms with Crippen molar-refractivity contribution in [1.29, 1.82) is 0 Å². The van der Waals surface area contributed by atoms with Gasteiger partial charge in [0.2, 0.25) is 0 Å². The molecule has 2 aromatic rings. The van der Waals surface area contributed by atoms with Crippen LogP contribution in [0.4, 0.5) is 11.4 Å². The molecule has 2 unspecified atom stereocenters. The Bertz CT molecular complexity index is 603. The molecule has 0 aliphatic heterocycles. The van der Waals surface area contributed by atoms with Crippen LogP contribution in [0.5, 0.6) is 0 Å². The van der Waals surface area contributed by atoms with E-state index in [-0.39, 0.29) is 12.2 Å². The first kappa shape index (κ1) is 16.6. The Hall–Kier alpha value is -2.78. The third-order valence-corrected chi connectivity index (χ3v) is 3.03. The molecule has 2 aromatic carbocycles. The standard InChI is InChI=1S/C20H20N2O/c1-3-19(15-21-17-11-7-5-8-12-17)23-20(4-2)16-22-18-13-9-6-10-14-18/h3-16,19-20H,1-2H2. The average Bonchev–Trinajstić information content (AvgIpc) is 2.63. The van der Waals surface area contributed by atoms with Crippen LogP contribution in [-0.2, 0) is 4.74 Å². The molecule has 0 aliphatic rings. The Labute approximate surface area is 137 Å². The number of para-hydroxylation sites is 2. The number of hydrogen-bond donors (Lipinski definition) is 0. The minimum atomic E-state index is -0.319. The fraction of sp³-hybridized carbons (Fsp3) is 0.100. The van der Waals surface area contributed by atoms with Gasteiger partial charge in [-0.1, -0.05) is 48.6 Å². The van der Waals surface area contributed by atoms with Crippen LogP contribution in [0.15, 0.2) is 96.0 Å². The van der Waals surface area contributed by atoms with Crippen LogP contribution in [0.25, 0.3) is 0 Å². The summed E-state index contributed by atoms with van der Waals surface area (Å²) in [5.74, 6) is 0. The monoisotopic (exact) mass is 304 g/mol. The van der Waals surface area contributed by atoms with Crippen molar-refractivity contribution in [3.05, 3.63) is 86.0 Å². The van der Waals surface area contributed by atoms with Crippen LogP contribution in [0.2, 0.25) is 0 Å². The molecule has 3 heteroatoms. The summed E-state index contributed by atoms with van der Waals surface area (Å²) < 4.78 is 5.86. The fourth-order valence-corrected chi connectivity index (χ4v) is 1.83. The van der Waals surface area contributed by atoms with E-state index in [1.807, 2.05) is 60.7 Å². The third-order valence-electron chi connectivity index (χ3n) is 3.03. The summed E-state index contributed by atoms with van der Waals surface area (Å²) >= 11 is 0. The molecule has 0 N–H and O–H groups in total. The fourth-order valence-electron chi connectivity index (χ4n) is 1.83. The van der Waals surface area contributed by atoms with E-state index in [2.05, 4.69) is 23.1 Å². The predicted octanol–water partition coefficient (Wildman–Crippen LogP) is 4.92. The molecule has 0 saturated heterocycles. The number of hydrogen-bond acceptors (Lipinski definition) is 3. The van der Waals surface area contributed by atoms with Crippen molar-refractivity contribution in [3.63, 3.8) is 0 Å². The van der Waals surface area contributed by atoms with Gasteiger partial charge in [0.25, 0.3) is 0 Å². The second-order valence-corrected chi connectivity index (χ2v) is 4.76. The van der Waals surface area contributed by atoms with Crippen molar-refractivity contribution in [2.24, 2.45) is 9.98 Å². The molecule has 23 heavy (non-hydrogen) atoms. The Kier molecular flexibility index (Phi) is 6.69. The maximum absolute atomic E-state index is 5.86. The van der Waals surface area contributed by atoms with Gasteiger partial charge in [0.05, 0.1) is 11.4 Å². The largest absolute Gasteiger partial charge is 0.355 e. The summed E-state index contributed by atoms with van der Waals surface area (Å²) in [5.41, 5.74) is 1.74. The second-order valence-electron chi connectivity index (χ2n) is 4.76. The van der Waals surface area contributed by atoms with E-state index in [0.717, 1.165) is 11.4 Å². The van der Waals surface area contributed by atoms with Gasteiger partial charge in [0.15, 0.2) is 0 Å². The Morgan fingerprint density at radius 2 is 1.09 bits per heavy atom. The molecule has 0 amide bonds. The Morgan fingerprint density at radius 3 is 1.43 bits per heavy atom. The molecule has 0 heterocycles. The van der Waals surface area contributed by atoms with Crippen molar-refractivity contribution in [1.82, 2.24) is 0 Å². The molecule has 0 fully saturated rings. The van der Waals surface area contributed by atoms with Gasteiger partial charge in [-0.25, -0.2) is 0 Å². The highest BCUT2D eigenvalue weighted by Crippen LogP contribution is 2.11. The summed E-state index contributed by atoms with van der Waals surface area (Å²) in [6.07, 6.45) is 6.18. The van der Waals surface area contributed by atoms with Crippen molar-refractivity contribution in [3.8, 4) is 0 Å². The van der Waals surface area contributed by atoms with Crippen LogP contribution < -0.4 is 0 Å². The number of aliphatic imine (C=N–C) groups is 2. The zero-order chi connectivity index (χ0) is 16.3. The Balaban J connectivity index is 1.98. The minimum absolute atomic E-state index is 0.319. The molecule has 0 aliphatic carbocycles. The lowest BCUT2D eigenvalue weighted by molar-refractivity contribution is 0.125. The molecule has 3 nitrogen and oxygen atoms in total. The van der Waals surface area contributed by atoms with E-state index in [1.165, 1.54) is 0 Å². The van der Waals surface area contributed by atoms with Crippen molar-refractivity contribution in [2.45, 2.75) is 12.2 Å². The molecule has 2 atom stereocenters. The van der Waals surface area contributed by atoms with E-state index in [9.17, 15) is 0 Å². The minimum Gasteiger partial charge on any atom is -0.355 e. The molecule has 0 aromatic heterocycles. The molecule has 116 valence electrons. The highest BCUT2D eigenvalue weighted by Gasteiger charge is 2.07. The summed E-state index contributed by atoms with van der Waals surface area (Å²) in [4.78, 5) is 8.77. The van der Waals surface area contributed by atoms with Crippen molar-refractivity contribution in [2.75, 3.05) is 0 Å². The maximum atomic E-state index is 5.86. The van der Waals surface area contributed by atoms with Gasteiger partial charge in [-0.05, 0) is 24.3 Å². The smallest absolute Gasteiger partial charge is 0.112 e. The highest BCUT2D eigenvalue weighted by molar-refractivity contribution is 5.72. The first-order chi connectivity index (χ1) is 11.3. The highest BCUT2D eigenvalue weighted by atomic mass is 16.5. The maximum Gasteiger partial charge on any atom is 0.112 e. The Morgan fingerprint density at radius 1 is 0.696 bits per heavy atom. The van der Waals surface area contributed by atoms with E-state index in [4.69, 9.17) is 4.74 Å². The topological polar surface area (TPSA) is 34.0 Å². The van der Waals surface area contributed by atoms with E-state index in [1.54, 1.807) is 24.6 Å². The first-order valence-corrected chi connectivity index (χ1v) is 7.41. The lowest BCUT2D eigenvalue weighted by atomic mass is 10.3. The summed E-state index contributed by atoms with van der Waals surface area (Å²) in [6, 6.07) is 19.4. The van der Waals surface area contributed by atoms with E-state index >= 15 is 0 Å². The van der Waals surface area contributed by atoms with Crippen LogP contribution in [0.1, 0.15) is 0 Å². The molecular weight excluding hydrogens is 284 g/mol. The molecular formula is C20H20N2O. The molecule has 0 bridgehead atoms. The van der Waals surface area contributed by atoms with E-state index < -0.39 is 0 Å². The van der Waals surface area contributed by atoms with Crippen molar-refractivity contribution < 1.29 is 4.74 Å². The molecule has 0 radical (unpaired) electrons. The molecule has 2 rings (SSSR count). The summed E-state index contributed by atoms with van der Waals surface area (Å²) in [6.45, 7) is 7.57. The van der Waals surface area contributed by atoms with Crippen LogP contribution in [-0.4, -0.2) is 24.6 Å². The number of nitrogens with zero attached hydrogens (tertiary/aromatic N) is 2. The molecule has 0 spiro atoms. The summed E-state index contributed by atoms with van der Waals surface area (Å²) in [5, 5.41) is 0. The van der Waals surface area contributed by atoms with E-state index in [0.29, 0.717) is 0 Å². The normalized spacial score (nSPS) is 13.9. The quantitative estimate of drug-likeness (QED) is 0.503. The van der Waals surface area contributed by atoms with Gasteiger partial charge in [-0.3, -0.25) is 9.98 Å². The van der Waals surface area contributed by atoms with Crippen LogP contribution in [0.3, 0.4) is 0 Å². The van der Waals surface area contributed by atoms with Gasteiger partial charge < -0.3 is 4.74 Å². The van der Waals surface area contributed by atoms with Crippen molar-refractivity contribution >= 4 is 23.8 Å².